The van der Waals surface area contributed by atoms with Gasteiger partial charge in [-0.3, -0.25) is 14.9 Å². The maximum absolute atomic E-state index is 12.9. The lowest BCUT2D eigenvalue weighted by Gasteiger charge is -2.34. The lowest BCUT2D eigenvalue weighted by atomic mass is 9.90. The molecule has 1 aromatic carbocycles. The highest BCUT2D eigenvalue weighted by Crippen LogP contribution is 2.28. The number of nitrogens with two attached hydrogens (primary N) is 1. The van der Waals surface area contributed by atoms with Crippen LogP contribution in [0.15, 0.2) is 18.2 Å². The molecule has 1 saturated carbocycles. The minimum atomic E-state index is -1.20. The smallest absolute Gasteiger partial charge is 0.322 e. The number of carbonyl (C=O) groups excluding carboxylic acids is 3. The predicted octanol–water partition coefficient (Wildman–Crippen LogP) is 0.0887. The van der Waals surface area contributed by atoms with Gasteiger partial charge < -0.3 is 26.0 Å². The van der Waals surface area contributed by atoms with Crippen LogP contribution < -0.4 is 26.4 Å². The molecule has 4 amide bonds. The molecule has 2 aliphatic heterocycles. The third kappa shape index (κ3) is 3.79. The van der Waals surface area contributed by atoms with Crippen LogP contribution >= 0.6 is 0 Å². The first-order valence-corrected chi connectivity index (χ1v) is 9.99. The number of benzene rings is 1. The van der Waals surface area contributed by atoms with Crippen molar-refractivity contribution >= 4 is 17.8 Å². The van der Waals surface area contributed by atoms with E-state index in [1.165, 1.54) is 0 Å². The van der Waals surface area contributed by atoms with Gasteiger partial charge in [0.05, 0.1) is 13.7 Å². The number of carbonyl (C=O) groups is 3. The van der Waals surface area contributed by atoms with Gasteiger partial charge >= 0.3 is 6.03 Å². The van der Waals surface area contributed by atoms with E-state index >= 15 is 0 Å². The number of ether oxygens (including phenoxy) is 1. The Morgan fingerprint density at radius 2 is 2.00 bits per heavy atom. The second kappa shape index (κ2) is 7.64. The van der Waals surface area contributed by atoms with Crippen molar-refractivity contribution in [3.05, 3.63) is 29.3 Å². The molecular formula is C20H27N5O4. The van der Waals surface area contributed by atoms with Gasteiger partial charge in [0.15, 0.2) is 5.54 Å². The standard InChI is InChI=1S/C20H27N5O4/c1-29-15-6-7-16-12(8-15)9-25(17(16)26)11-20(18(27)23-19(28)24-20)10-22-14-4-2-13(21)3-5-14/h6-8,13-14,22H,2-5,9-11,21H2,1H3,(H2,23,24,27,28). The van der Waals surface area contributed by atoms with Crippen LogP contribution in [0.5, 0.6) is 5.75 Å². The second-order valence-electron chi connectivity index (χ2n) is 8.17. The molecule has 0 spiro atoms. The zero-order valence-corrected chi connectivity index (χ0v) is 16.5. The Morgan fingerprint density at radius 1 is 1.24 bits per heavy atom. The summed E-state index contributed by atoms with van der Waals surface area (Å²) in [6.45, 7) is 0.724. The summed E-state index contributed by atoms with van der Waals surface area (Å²) in [7, 11) is 1.58. The molecule has 2 fully saturated rings. The summed E-state index contributed by atoms with van der Waals surface area (Å²) in [4.78, 5) is 39.1. The summed E-state index contributed by atoms with van der Waals surface area (Å²) < 4.78 is 5.24. The van der Waals surface area contributed by atoms with Gasteiger partial charge in [0, 0.05) is 30.7 Å². The maximum Gasteiger partial charge on any atom is 0.322 e. The molecule has 1 unspecified atom stereocenters. The van der Waals surface area contributed by atoms with Gasteiger partial charge in [-0.2, -0.15) is 0 Å². The van der Waals surface area contributed by atoms with E-state index in [1.807, 2.05) is 6.07 Å². The van der Waals surface area contributed by atoms with E-state index < -0.39 is 17.5 Å². The lowest BCUT2D eigenvalue weighted by Crippen LogP contribution is -2.62. The van der Waals surface area contributed by atoms with Crippen LogP contribution in [-0.4, -0.2) is 60.6 Å². The van der Waals surface area contributed by atoms with Crippen LogP contribution in [-0.2, 0) is 11.3 Å². The molecule has 5 N–H and O–H groups in total. The van der Waals surface area contributed by atoms with Gasteiger partial charge in [-0.05, 0) is 49.4 Å². The molecule has 9 heteroatoms. The molecule has 1 aliphatic carbocycles. The van der Waals surface area contributed by atoms with E-state index in [4.69, 9.17) is 10.5 Å². The quantitative estimate of drug-likeness (QED) is 0.501. The van der Waals surface area contributed by atoms with E-state index in [0.29, 0.717) is 17.9 Å². The van der Waals surface area contributed by atoms with Crippen molar-refractivity contribution in [3.8, 4) is 5.75 Å². The number of nitrogens with one attached hydrogen (secondary N) is 3. The lowest BCUT2D eigenvalue weighted by molar-refractivity contribution is -0.124. The van der Waals surface area contributed by atoms with Crippen LogP contribution in [0.1, 0.15) is 41.6 Å². The molecule has 4 rings (SSSR count). The minimum absolute atomic E-state index is 0.0969. The number of methoxy groups -OCH3 is 1. The van der Waals surface area contributed by atoms with Crippen LogP contribution in [0, 0.1) is 0 Å². The number of amides is 4. The van der Waals surface area contributed by atoms with Gasteiger partial charge in [0.2, 0.25) is 0 Å². The highest BCUT2D eigenvalue weighted by molar-refractivity contribution is 6.08. The molecular weight excluding hydrogens is 374 g/mol. The number of hydrogen-bond donors (Lipinski definition) is 4. The van der Waals surface area contributed by atoms with E-state index in [9.17, 15) is 14.4 Å². The minimum Gasteiger partial charge on any atom is -0.497 e. The van der Waals surface area contributed by atoms with E-state index in [2.05, 4.69) is 16.0 Å². The third-order valence-electron chi connectivity index (χ3n) is 6.13. The number of urea groups is 1. The Bertz CT molecular complexity index is 836. The molecule has 1 saturated heterocycles. The average molecular weight is 401 g/mol. The van der Waals surface area contributed by atoms with Gasteiger partial charge in [0.1, 0.15) is 5.75 Å². The number of nitrogens with zero attached hydrogens (tertiary/aromatic N) is 1. The summed E-state index contributed by atoms with van der Waals surface area (Å²) in [6.07, 6.45) is 3.73. The fourth-order valence-electron chi connectivity index (χ4n) is 4.40. The first kappa shape index (κ1) is 19.7. The molecule has 0 bridgehead atoms. The van der Waals surface area contributed by atoms with Crippen molar-refractivity contribution in [2.24, 2.45) is 5.73 Å². The summed E-state index contributed by atoms with van der Waals surface area (Å²) in [5, 5.41) is 8.50. The Kier molecular flexibility index (Phi) is 5.18. The van der Waals surface area contributed by atoms with E-state index in [-0.39, 0.29) is 31.1 Å². The number of hydrogen-bond acceptors (Lipinski definition) is 6. The van der Waals surface area contributed by atoms with Crippen molar-refractivity contribution in [3.63, 3.8) is 0 Å². The second-order valence-corrected chi connectivity index (χ2v) is 8.17. The molecule has 0 radical (unpaired) electrons. The average Bonchev–Trinajstić information content (AvgIpc) is 3.16. The summed E-state index contributed by atoms with van der Waals surface area (Å²) in [5.74, 6) is 0.112. The van der Waals surface area contributed by atoms with Crippen LogP contribution in [0.3, 0.4) is 0 Å². The number of fused-ring (bicyclic) bond motifs is 1. The van der Waals surface area contributed by atoms with E-state index in [0.717, 1.165) is 31.2 Å². The molecule has 0 aromatic heterocycles. The first-order valence-electron chi connectivity index (χ1n) is 9.99. The predicted molar refractivity (Wildman–Crippen MR) is 105 cm³/mol. The highest BCUT2D eigenvalue weighted by Gasteiger charge is 2.49. The Morgan fingerprint density at radius 3 is 2.66 bits per heavy atom. The van der Waals surface area contributed by atoms with Crippen LogP contribution in [0.2, 0.25) is 0 Å². The Balaban J connectivity index is 1.49. The topological polar surface area (TPSA) is 126 Å². The monoisotopic (exact) mass is 401 g/mol. The SMILES string of the molecule is COc1ccc2c(c1)CN(CC1(CNC3CCC(N)CC3)NC(=O)NC1=O)C2=O. The molecule has 1 atom stereocenters. The van der Waals surface area contributed by atoms with Crippen molar-refractivity contribution in [1.29, 1.82) is 0 Å². The number of rotatable bonds is 6. The summed E-state index contributed by atoms with van der Waals surface area (Å²) in [6, 6.07) is 5.25. The molecule has 29 heavy (non-hydrogen) atoms. The third-order valence-corrected chi connectivity index (χ3v) is 6.13. The summed E-state index contributed by atoms with van der Waals surface area (Å²) in [5.41, 5.74) is 6.22. The largest absolute Gasteiger partial charge is 0.497 e. The highest BCUT2D eigenvalue weighted by atomic mass is 16.5. The normalized spacial score (nSPS) is 28.9. The van der Waals surface area contributed by atoms with Crippen LogP contribution in [0.25, 0.3) is 0 Å². The zero-order valence-electron chi connectivity index (χ0n) is 16.5. The van der Waals surface area contributed by atoms with E-state index in [1.54, 1.807) is 24.1 Å². The van der Waals surface area contributed by atoms with Crippen molar-refractivity contribution in [2.75, 3.05) is 20.2 Å². The number of imide groups is 1. The molecule has 156 valence electrons. The summed E-state index contributed by atoms with van der Waals surface area (Å²) >= 11 is 0. The van der Waals surface area contributed by atoms with Gasteiger partial charge in [0.25, 0.3) is 11.8 Å². The molecule has 3 aliphatic rings. The maximum atomic E-state index is 12.9. The molecule has 2 heterocycles. The van der Waals surface area contributed by atoms with Crippen molar-refractivity contribution in [1.82, 2.24) is 20.9 Å². The van der Waals surface area contributed by atoms with Gasteiger partial charge in [-0.25, -0.2) is 4.79 Å². The Hall–Kier alpha value is -2.65. The zero-order chi connectivity index (χ0) is 20.6. The molecule has 1 aromatic rings. The van der Waals surface area contributed by atoms with Crippen molar-refractivity contribution < 1.29 is 19.1 Å². The molecule has 9 nitrogen and oxygen atoms in total. The van der Waals surface area contributed by atoms with Gasteiger partial charge in [-0.1, -0.05) is 0 Å². The fourth-order valence-corrected chi connectivity index (χ4v) is 4.40. The fraction of sp³-hybridized carbons (Fsp3) is 0.550. The Labute approximate surface area is 169 Å². The van der Waals surface area contributed by atoms with Gasteiger partial charge in [-0.15, -0.1) is 0 Å². The first-order chi connectivity index (χ1) is 13.9. The van der Waals surface area contributed by atoms with Crippen molar-refractivity contribution in [2.45, 2.75) is 49.9 Å². The van der Waals surface area contributed by atoms with Crippen LogP contribution in [0.4, 0.5) is 4.79 Å².